The first-order valence-electron chi connectivity index (χ1n) is 4.56. The second kappa shape index (κ2) is 3.85. The van der Waals surface area contributed by atoms with Crippen molar-refractivity contribution in [1.29, 1.82) is 0 Å². The van der Waals surface area contributed by atoms with Crippen molar-refractivity contribution in [2.75, 3.05) is 0 Å². The third-order valence-electron chi connectivity index (χ3n) is 2.08. The van der Waals surface area contributed by atoms with E-state index < -0.39 is 5.91 Å². The summed E-state index contributed by atoms with van der Waals surface area (Å²) >= 11 is 0. The van der Waals surface area contributed by atoms with Crippen LogP contribution in [0.2, 0.25) is 0 Å². The van der Waals surface area contributed by atoms with E-state index in [2.05, 4.69) is 11.8 Å². The van der Waals surface area contributed by atoms with Gasteiger partial charge in [0, 0.05) is 5.56 Å². The van der Waals surface area contributed by atoms with Gasteiger partial charge in [0.05, 0.1) is 0 Å². The highest BCUT2D eigenvalue weighted by Gasteiger charge is 1.92. The molecule has 0 radical (unpaired) electrons. The molecular formula is C13H9NO. The van der Waals surface area contributed by atoms with Gasteiger partial charge in [0.1, 0.15) is 0 Å². The maximum Gasteiger partial charge on any atom is 0.293 e. The van der Waals surface area contributed by atoms with Crippen molar-refractivity contribution in [2.24, 2.45) is 5.73 Å². The van der Waals surface area contributed by atoms with Crippen molar-refractivity contribution >= 4 is 16.7 Å². The van der Waals surface area contributed by atoms with Crippen LogP contribution in [0, 0.1) is 11.8 Å². The fraction of sp³-hybridized carbons (Fsp3) is 0. The van der Waals surface area contributed by atoms with Gasteiger partial charge < -0.3 is 5.73 Å². The van der Waals surface area contributed by atoms with Gasteiger partial charge in [-0.2, -0.15) is 0 Å². The summed E-state index contributed by atoms with van der Waals surface area (Å²) in [5.74, 6) is 4.42. The SMILES string of the molecule is NC(=O)C#Cc1ccc2ccccc2c1. The number of hydrogen-bond donors (Lipinski definition) is 1. The average molecular weight is 195 g/mol. The molecule has 0 fully saturated rings. The van der Waals surface area contributed by atoms with Crippen molar-refractivity contribution in [3.05, 3.63) is 48.0 Å². The number of benzene rings is 2. The van der Waals surface area contributed by atoms with Crippen LogP contribution in [-0.2, 0) is 4.79 Å². The first-order valence-corrected chi connectivity index (χ1v) is 4.56. The Hall–Kier alpha value is -2.27. The molecule has 2 heteroatoms. The van der Waals surface area contributed by atoms with Gasteiger partial charge in [0.25, 0.3) is 5.91 Å². The maximum atomic E-state index is 10.5. The molecule has 2 rings (SSSR count). The van der Waals surface area contributed by atoms with Gasteiger partial charge in [-0.1, -0.05) is 36.3 Å². The highest BCUT2D eigenvalue weighted by molar-refractivity contribution is 5.93. The van der Waals surface area contributed by atoms with Crippen LogP contribution in [0.4, 0.5) is 0 Å². The van der Waals surface area contributed by atoms with Crippen molar-refractivity contribution < 1.29 is 4.79 Å². The molecule has 2 aromatic carbocycles. The van der Waals surface area contributed by atoms with Crippen LogP contribution in [0.3, 0.4) is 0 Å². The molecule has 0 unspecified atom stereocenters. The minimum Gasteiger partial charge on any atom is -0.359 e. The van der Waals surface area contributed by atoms with E-state index in [4.69, 9.17) is 5.73 Å². The van der Waals surface area contributed by atoms with Gasteiger partial charge in [0.2, 0.25) is 0 Å². The van der Waals surface area contributed by atoms with E-state index in [1.165, 1.54) is 0 Å². The minimum absolute atomic E-state index is 0.608. The van der Waals surface area contributed by atoms with E-state index in [-0.39, 0.29) is 0 Å². The Balaban J connectivity index is 2.49. The molecular weight excluding hydrogens is 186 g/mol. The van der Waals surface area contributed by atoms with E-state index in [0.29, 0.717) is 0 Å². The number of hydrogen-bond acceptors (Lipinski definition) is 1. The Morgan fingerprint density at radius 2 is 1.80 bits per heavy atom. The first-order chi connectivity index (χ1) is 7.25. The standard InChI is InChI=1S/C13H9NO/c14-13(15)8-6-10-5-7-11-3-1-2-4-12(11)9-10/h1-5,7,9H,(H2,14,15). The zero-order valence-corrected chi connectivity index (χ0v) is 8.03. The summed E-state index contributed by atoms with van der Waals surface area (Å²) in [6.45, 7) is 0. The molecule has 0 saturated carbocycles. The Kier molecular flexibility index (Phi) is 2.38. The second-order valence-corrected chi connectivity index (χ2v) is 3.18. The molecule has 0 heterocycles. The van der Waals surface area contributed by atoms with E-state index in [1.807, 2.05) is 42.5 Å². The molecule has 0 aliphatic rings. The van der Waals surface area contributed by atoms with Crippen LogP contribution < -0.4 is 5.73 Å². The quantitative estimate of drug-likeness (QED) is 0.638. The van der Waals surface area contributed by atoms with Gasteiger partial charge in [-0.15, -0.1) is 0 Å². The van der Waals surface area contributed by atoms with Crippen LogP contribution in [0.5, 0.6) is 0 Å². The maximum absolute atomic E-state index is 10.5. The highest BCUT2D eigenvalue weighted by Crippen LogP contribution is 2.14. The number of carbonyl (C=O) groups is 1. The predicted molar refractivity (Wildman–Crippen MR) is 60.0 cm³/mol. The molecule has 0 saturated heterocycles. The summed E-state index contributed by atoms with van der Waals surface area (Å²) in [7, 11) is 0. The van der Waals surface area contributed by atoms with Crippen LogP contribution in [-0.4, -0.2) is 5.91 Å². The topological polar surface area (TPSA) is 43.1 Å². The molecule has 0 atom stereocenters. The zero-order chi connectivity index (χ0) is 10.7. The molecule has 2 nitrogen and oxygen atoms in total. The molecule has 0 bridgehead atoms. The number of nitrogens with two attached hydrogens (primary N) is 1. The van der Waals surface area contributed by atoms with Gasteiger partial charge in [0.15, 0.2) is 0 Å². The number of fused-ring (bicyclic) bond motifs is 1. The van der Waals surface area contributed by atoms with Crippen molar-refractivity contribution in [3.63, 3.8) is 0 Å². The molecule has 72 valence electrons. The van der Waals surface area contributed by atoms with Crippen LogP contribution in [0.1, 0.15) is 5.56 Å². The van der Waals surface area contributed by atoms with E-state index >= 15 is 0 Å². The fourth-order valence-corrected chi connectivity index (χ4v) is 1.40. The number of amides is 1. The Bertz CT molecular complexity index is 576. The summed E-state index contributed by atoms with van der Waals surface area (Å²) in [6.07, 6.45) is 0. The Morgan fingerprint density at radius 3 is 2.53 bits per heavy atom. The monoisotopic (exact) mass is 195 g/mol. The summed E-state index contributed by atoms with van der Waals surface area (Å²) in [5, 5.41) is 2.26. The number of primary amides is 1. The molecule has 15 heavy (non-hydrogen) atoms. The van der Waals surface area contributed by atoms with Crippen molar-refractivity contribution in [1.82, 2.24) is 0 Å². The van der Waals surface area contributed by atoms with Crippen molar-refractivity contribution in [3.8, 4) is 11.8 Å². The lowest BCUT2D eigenvalue weighted by Crippen LogP contribution is -2.06. The lowest BCUT2D eigenvalue weighted by atomic mass is 10.1. The molecule has 2 N–H and O–H groups in total. The predicted octanol–water partition coefficient (Wildman–Crippen LogP) is 1.68. The third kappa shape index (κ3) is 2.15. The molecule has 0 aliphatic carbocycles. The van der Waals surface area contributed by atoms with Gasteiger partial charge in [-0.05, 0) is 28.8 Å². The van der Waals surface area contributed by atoms with Crippen LogP contribution in [0.25, 0.3) is 10.8 Å². The first kappa shape index (κ1) is 9.29. The molecule has 0 spiro atoms. The van der Waals surface area contributed by atoms with Crippen LogP contribution >= 0.6 is 0 Å². The van der Waals surface area contributed by atoms with E-state index in [9.17, 15) is 4.79 Å². The van der Waals surface area contributed by atoms with E-state index in [0.717, 1.165) is 16.3 Å². The largest absolute Gasteiger partial charge is 0.359 e. The molecule has 0 aliphatic heterocycles. The lowest BCUT2D eigenvalue weighted by molar-refractivity contribution is -0.112. The van der Waals surface area contributed by atoms with Gasteiger partial charge in [-0.25, -0.2) is 0 Å². The van der Waals surface area contributed by atoms with E-state index in [1.54, 1.807) is 0 Å². The average Bonchev–Trinajstić information content (AvgIpc) is 2.26. The Morgan fingerprint density at radius 1 is 1.07 bits per heavy atom. The number of carbonyl (C=O) groups excluding carboxylic acids is 1. The highest BCUT2D eigenvalue weighted by atomic mass is 16.1. The molecule has 0 aromatic heterocycles. The minimum atomic E-state index is -0.608. The number of rotatable bonds is 0. The fourth-order valence-electron chi connectivity index (χ4n) is 1.40. The normalized spacial score (nSPS) is 9.33. The summed E-state index contributed by atoms with van der Waals surface area (Å²) in [5.41, 5.74) is 5.74. The summed E-state index contributed by atoms with van der Waals surface area (Å²) in [6, 6.07) is 13.8. The van der Waals surface area contributed by atoms with Crippen LogP contribution in [0.15, 0.2) is 42.5 Å². The van der Waals surface area contributed by atoms with Crippen molar-refractivity contribution in [2.45, 2.75) is 0 Å². The smallest absolute Gasteiger partial charge is 0.293 e. The van der Waals surface area contributed by atoms with Gasteiger partial charge in [-0.3, -0.25) is 4.79 Å². The molecule has 2 aromatic rings. The third-order valence-corrected chi connectivity index (χ3v) is 2.08. The van der Waals surface area contributed by atoms with Gasteiger partial charge >= 0.3 is 0 Å². The summed E-state index contributed by atoms with van der Waals surface area (Å²) < 4.78 is 0. The second-order valence-electron chi connectivity index (χ2n) is 3.18. The summed E-state index contributed by atoms with van der Waals surface area (Å²) in [4.78, 5) is 10.5. The zero-order valence-electron chi connectivity index (χ0n) is 8.03. The Labute approximate surface area is 87.7 Å². The lowest BCUT2D eigenvalue weighted by Gasteiger charge is -1.96. The molecule has 1 amide bonds.